The van der Waals surface area contributed by atoms with Gasteiger partial charge in [-0.2, -0.15) is 0 Å². The van der Waals surface area contributed by atoms with Crippen molar-refractivity contribution in [3.05, 3.63) is 64.7 Å². The molecule has 2 heterocycles. The molecule has 0 aliphatic carbocycles. The van der Waals surface area contributed by atoms with Crippen molar-refractivity contribution in [1.82, 2.24) is 9.80 Å². The maximum absolute atomic E-state index is 13.3. The number of benzene rings is 2. The number of ether oxygens (including phenoxy) is 3. The summed E-state index contributed by atoms with van der Waals surface area (Å²) in [5.41, 5.74) is 2.15. The van der Waals surface area contributed by atoms with E-state index < -0.39 is 17.7 Å². The summed E-state index contributed by atoms with van der Waals surface area (Å²) < 4.78 is 16.8. The van der Waals surface area contributed by atoms with Crippen LogP contribution in [0.15, 0.2) is 48.0 Å². The summed E-state index contributed by atoms with van der Waals surface area (Å²) in [6.45, 7) is 10.8. The Hall–Kier alpha value is -3.36. The van der Waals surface area contributed by atoms with Crippen LogP contribution in [0.4, 0.5) is 0 Å². The molecule has 2 fully saturated rings. The minimum absolute atomic E-state index is 0.0952. The molecule has 1 amide bonds. The van der Waals surface area contributed by atoms with Crippen molar-refractivity contribution in [3.8, 4) is 11.5 Å². The van der Waals surface area contributed by atoms with E-state index in [0.717, 1.165) is 36.4 Å². The number of hydrogen-bond acceptors (Lipinski definition) is 7. The third-order valence-electron chi connectivity index (χ3n) is 6.72. The highest BCUT2D eigenvalue weighted by Gasteiger charge is 2.46. The number of aryl methyl sites for hydroxylation is 1. The second-order valence-corrected chi connectivity index (χ2v) is 9.28. The number of nitrogens with zero attached hydrogens (tertiary/aromatic N) is 2. The fourth-order valence-corrected chi connectivity index (χ4v) is 4.77. The average Bonchev–Trinajstić information content (AvgIpc) is 3.17. The molecule has 8 heteroatoms. The van der Waals surface area contributed by atoms with Crippen molar-refractivity contribution < 1.29 is 28.9 Å². The summed E-state index contributed by atoms with van der Waals surface area (Å²) in [7, 11) is 0. The molecule has 0 spiro atoms. The number of aliphatic hydroxyl groups is 1. The Kier molecular flexibility index (Phi) is 8.84. The summed E-state index contributed by atoms with van der Waals surface area (Å²) in [5.74, 6) is -0.0342. The Morgan fingerprint density at radius 3 is 2.41 bits per heavy atom. The Bertz CT molecular complexity index is 1140. The van der Waals surface area contributed by atoms with Gasteiger partial charge < -0.3 is 24.2 Å². The molecule has 1 unspecified atom stereocenters. The Labute approximate surface area is 218 Å². The van der Waals surface area contributed by atoms with E-state index in [9.17, 15) is 14.7 Å². The molecule has 0 aromatic heterocycles. The molecule has 0 radical (unpaired) electrons. The van der Waals surface area contributed by atoms with Crippen LogP contribution in [-0.4, -0.2) is 79.2 Å². The highest BCUT2D eigenvalue weighted by Crippen LogP contribution is 2.40. The summed E-state index contributed by atoms with van der Waals surface area (Å²) in [6, 6.07) is 12.0. The fraction of sp³-hybridized carbons (Fsp3) is 0.448. The van der Waals surface area contributed by atoms with Crippen molar-refractivity contribution in [3.63, 3.8) is 0 Å². The lowest BCUT2D eigenvalue weighted by atomic mass is 9.94. The second-order valence-electron chi connectivity index (χ2n) is 9.28. The summed E-state index contributed by atoms with van der Waals surface area (Å²) in [5, 5.41) is 11.4. The monoisotopic (exact) mass is 508 g/mol. The fourth-order valence-electron chi connectivity index (χ4n) is 4.77. The van der Waals surface area contributed by atoms with Crippen molar-refractivity contribution in [2.45, 2.75) is 33.2 Å². The lowest BCUT2D eigenvalue weighted by molar-refractivity contribution is -0.140. The van der Waals surface area contributed by atoms with Crippen LogP contribution in [0.3, 0.4) is 0 Å². The molecule has 1 atom stereocenters. The van der Waals surface area contributed by atoms with Gasteiger partial charge in [-0.1, -0.05) is 19.1 Å². The van der Waals surface area contributed by atoms with Crippen LogP contribution >= 0.6 is 0 Å². The number of hydrogen-bond donors (Lipinski definition) is 1. The van der Waals surface area contributed by atoms with E-state index in [4.69, 9.17) is 14.2 Å². The van der Waals surface area contributed by atoms with Gasteiger partial charge in [-0.3, -0.25) is 14.5 Å². The largest absolute Gasteiger partial charge is 0.507 e. The van der Waals surface area contributed by atoms with Crippen LogP contribution in [0.2, 0.25) is 0 Å². The highest BCUT2D eigenvalue weighted by molar-refractivity contribution is 6.46. The molecule has 4 rings (SSSR count). The van der Waals surface area contributed by atoms with Crippen LogP contribution in [0, 0.1) is 6.92 Å². The molecule has 2 aliphatic heterocycles. The number of likely N-dealkylation sites (tertiary alicyclic amines) is 1. The first-order chi connectivity index (χ1) is 17.9. The number of ketones is 1. The normalized spacial score (nSPS) is 19.9. The molecule has 2 saturated heterocycles. The molecule has 0 saturated carbocycles. The summed E-state index contributed by atoms with van der Waals surface area (Å²) in [6.07, 6.45) is 0.894. The number of rotatable bonds is 10. The molecule has 8 nitrogen and oxygen atoms in total. The van der Waals surface area contributed by atoms with Crippen molar-refractivity contribution >= 4 is 17.4 Å². The number of carbonyl (C=O) groups is 2. The molecule has 2 aromatic rings. The Balaban J connectivity index is 1.71. The maximum Gasteiger partial charge on any atom is 0.295 e. The first-order valence-electron chi connectivity index (χ1n) is 13.0. The van der Waals surface area contributed by atoms with E-state index >= 15 is 0 Å². The van der Waals surface area contributed by atoms with E-state index in [1.54, 1.807) is 23.1 Å². The van der Waals surface area contributed by atoms with Crippen LogP contribution in [0.1, 0.15) is 43.0 Å². The van der Waals surface area contributed by atoms with E-state index in [1.165, 1.54) is 0 Å². The van der Waals surface area contributed by atoms with Crippen LogP contribution in [-0.2, 0) is 14.3 Å². The van der Waals surface area contributed by atoms with Gasteiger partial charge in [0.05, 0.1) is 38.0 Å². The highest BCUT2D eigenvalue weighted by atomic mass is 16.5. The third kappa shape index (κ3) is 5.97. The first-order valence-corrected chi connectivity index (χ1v) is 13.0. The molecule has 37 heavy (non-hydrogen) atoms. The standard InChI is InChI=1S/C29H36N2O6/c1-4-16-37-23-9-6-21(7-10-23)26-25(27(32)22-8-11-24(36-5-2)20(3)19-22)28(33)29(34)31(26)13-12-30-14-17-35-18-15-30/h6-11,19,26,32H,4-5,12-18H2,1-3H3. The molecule has 2 aromatic carbocycles. The Morgan fingerprint density at radius 1 is 1.03 bits per heavy atom. The zero-order valence-corrected chi connectivity index (χ0v) is 21.9. The van der Waals surface area contributed by atoms with Gasteiger partial charge in [-0.15, -0.1) is 0 Å². The smallest absolute Gasteiger partial charge is 0.295 e. The van der Waals surface area contributed by atoms with E-state index in [1.807, 2.05) is 45.0 Å². The van der Waals surface area contributed by atoms with Gasteiger partial charge >= 0.3 is 0 Å². The van der Waals surface area contributed by atoms with Gasteiger partial charge in [-0.05, 0) is 61.7 Å². The second kappa shape index (κ2) is 12.3. The zero-order valence-electron chi connectivity index (χ0n) is 21.9. The average molecular weight is 509 g/mol. The number of carbonyl (C=O) groups excluding carboxylic acids is 2. The lowest BCUT2D eigenvalue weighted by Gasteiger charge is -2.31. The minimum Gasteiger partial charge on any atom is -0.507 e. The molecule has 1 N–H and O–H groups in total. The number of amides is 1. The minimum atomic E-state index is -0.701. The van der Waals surface area contributed by atoms with Gasteiger partial charge in [0.1, 0.15) is 17.3 Å². The number of aliphatic hydroxyl groups excluding tert-OH is 1. The molecular weight excluding hydrogens is 472 g/mol. The predicted octanol–water partition coefficient (Wildman–Crippen LogP) is 3.94. The maximum atomic E-state index is 13.3. The van der Waals surface area contributed by atoms with E-state index in [0.29, 0.717) is 50.8 Å². The van der Waals surface area contributed by atoms with Crippen molar-refractivity contribution in [1.29, 1.82) is 0 Å². The van der Waals surface area contributed by atoms with Crippen LogP contribution < -0.4 is 9.47 Å². The van der Waals surface area contributed by atoms with Crippen LogP contribution in [0.25, 0.3) is 5.76 Å². The number of Topliss-reactive ketones (excluding diaryl/α,β-unsaturated/α-hetero) is 1. The van der Waals surface area contributed by atoms with Gasteiger partial charge in [-0.25, -0.2) is 0 Å². The summed E-state index contributed by atoms with van der Waals surface area (Å²) >= 11 is 0. The third-order valence-corrected chi connectivity index (χ3v) is 6.72. The van der Waals surface area contributed by atoms with Gasteiger partial charge in [0.2, 0.25) is 0 Å². The van der Waals surface area contributed by atoms with Gasteiger partial charge in [0, 0.05) is 31.7 Å². The van der Waals surface area contributed by atoms with Crippen molar-refractivity contribution in [2.75, 3.05) is 52.6 Å². The SMILES string of the molecule is CCCOc1ccc(C2C(=C(O)c3ccc(OCC)c(C)c3)C(=O)C(=O)N2CCN2CCOCC2)cc1. The first kappa shape index (κ1) is 26.7. The van der Waals surface area contributed by atoms with Crippen LogP contribution in [0.5, 0.6) is 11.5 Å². The molecule has 2 aliphatic rings. The zero-order chi connectivity index (χ0) is 26.4. The predicted molar refractivity (Wildman–Crippen MR) is 141 cm³/mol. The summed E-state index contributed by atoms with van der Waals surface area (Å²) in [4.78, 5) is 30.4. The molecular formula is C29H36N2O6. The van der Waals surface area contributed by atoms with Crippen molar-refractivity contribution in [2.24, 2.45) is 0 Å². The quantitative estimate of drug-likeness (QED) is 0.295. The van der Waals surface area contributed by atoms with Gasteiger partial charge in [0.25, 0.3) is 11.7 Å². The van der Waals surface area contributed by atoms with E-state index in [2.05, 4.69) is 4.90 Å². The topological polar surface area (TPSA) is 88.5 Å². The van der Waals surface area contributed by atoms with Gasteiger partial charge in [0.15, 0.2) is 0 Å². The number of morpholine rings is 1. The molecule has 0 bridgehead atoms. The molecule has 198 valence electrons. The lowest BCUT2D eigenvalue weighted by Crippen LogP contribution is -2.42. The Morgan fingerprint density at radius 2 is 1.76 bits per heavy atom. The van der Waals surface area contributed by atoms with E-state index in [-0.39, 0.29) is 11.3 Å².